The molecule has 0 aromatic heterocycles. The number of amides is 2. The van der Waals surface area contributed by atoms with Gasteiger partial charge in [-0.05, 0) is 12.8 Å². The summed E-state index contributed by atoms with van der Waals surface area (Å²) < 4.78 is 14.9. The van der Waals surface area contributed by atoms with Crippen LogP contribution in [0.15, 0.2) is 0 Å². The molecule has 21 heavy (non-hydrogen) atoms. The standard InChI is InChI=1S/C13H26N2O6/c1-19-8-5-11(12(16)17)15-13(18)14-6-3-4-7-21-10-9-20-2/h11H,3-10H2,1-2H3,(H,16,17)(H2,14,15,18). The summed E-state index contributed by atoms with van der Waals surface area (Å²) in [7, 11) is 3.09. The quantitative estimate of drug-likeness (QED) is 0.420. The first-order chi connectivity index (χ1) is 10.1. The van der Waals surface area contributed by atoms with Crippen LogP contribution in [0, 0.1) is 0 Å². The number of carbonyl (C=O) groups is 2. The maximum atomic E-state index is 11.5. The molecule has 3 N–H and O–H groups in total. The van der Waals surface area contributed by atoms with Crippen molar-refractivity contribution in [1.29, 1.82) is 0 Å². The number of nitrogens with one attached hydrogen (secondary N) is 2. The van der Waals surface area contributed by atoms with Crippen LogP contribution < -0.4 is 10.6 Å². The van der Waals surface area contributed by atoms with E-state index in [4.69, 9.17) is 19.3 Å². The highest BCUT2D eigenvalue weighted by molar-refractivity contribution is 5.82. The Hall–Kier alpha value is -1.38. The number of hydrogen-bond acceptors (Lipinski definition) is 5. The Morgan fingerprint density at radius 2 is 1.76 bits per heavy atom. The fourth-order valence-electron chi connectivity index (χ4n) is 1.48. The van der Waals surface area contributed by atoms with Crippen molar-refractivity contribution in [1.82, 2.24) is 10.6 Å². The molecule has 8 nitrogen and oxygen atoms in total. The molecule has 124 valence electrons. The lowest BCUT2D eigenvalue weighted by Crippen LogP contribution is -2.46. The average molecular weight is 306 g/mol. The minimum atomic E-state index is -1.08. The molecule has 0 spiro atoms. The number of aliphatic carboxylic acids is 1. The molecule has 0 saturated carbocycles. The Kier molecular flexibility index (Phi) is 12.7. The molecular weight excluding hydrogens is 280 g/mol. The number of carboxylic acids is 1. The molecule has 0 aliphatic carbocycles. The average Bonchev–Trinajstić information content (AvgIpc) is 2.46. The van der Waals surface area contributed by atoms with Gasteiger partial charge in [0.1, 0.15) is 6.04 Å². The van der Waals surface area contributed by atoms with Crippen LogP contribution in [0.3, 0.4) is 0 Å². The number of carbonyl (C=O) groups excluding carboxylic acids is 1. The molecule has 1 unspecified atom stereocenters. The van der Waals surface area contributed by atoms with Crippen LogP contribution >= 0.6 is 0 Å². The Labute approximate surface area is 125 Å². The van der Waals surface area contributed by atoms with Gasteiger partial charge < -0.3 is 30.0 Å². The molecule has 0 saturated heterocycles. The van der Waals surface area contributed by atoms with Gasteiger partial charge in [0, 0.05) is 40.4 Å². The van der Waals surface area contributed by atoms with Gasteiger partial charge in [-0.1, -0.05) is 0 Å². The molecule has 8 heteroatoms. The molecule has 0 radical (unpaired) electrons. The molecule has 0 bridgehead atoms. The minimum absolute atomic E-state index is 0.229. The van der Waals surface area contributed by atoms with E-state index in [0.717, 1.165) is 12.8 Å². The number of methoxy groups -OCH3 is 2. The van der Waals surface area contributed by atoms with Crippen LogP contribution in [0.25, 0.3) is 0 Å². The van der Waals surface area contributed by atoms with Gasteiger partial charge in [0.25, 0.3) is 0 Å². The summed E-state index contributed by atoms with van der Waals surface area (Å²) >= 11 is 0. The van der Waals surface area contributed by atoms with Crippen molar-refractivity contribution in [2.45, 2.75) is 25.3 Å². The summed E-state index contributed by atoms with van der Waals surface area (Å²) in [5.41, 5.74) is 0. The van der Waals surface area contributed by atoms with Crippen molar-refractivity contribution in [2.75, 3.05) is 47.2 Å². The van der Waals surface area contributed by atoms with E-state index in [1.807, 2.05) is 0 Å². The minimum Gasteiger partial charge on any atom is -0.480 e. The molecule has 0 aromatic carbocycles. The molecule has 1 atom stereocenters. The van der Waals surface area contributed by atoms with E-state index in [2.05, 4.69) is 10.6 Å². The van der Waals surface area contributed by atoms with Crippen LogP contribution in [-0.2, 0) is 19.0 Å². The Balaban J connectivity index is 3.61. The summed E-state index contributed by atoms with van der Waals surface area (Å²) in [4.78, 5) is 22.4. The largest absolute Gasteiger partial charge is 0.480 e. The summed E-state index contributed by atoms with van der Waals surface area (Å²) in [6.07, 6.45) is 1.80. The Bertz CT molecular complexity index is 288. The molecular formula is C13H26N2O6. The van der Waals surface area contributed by atoms with Crippen molar-refractivity contribution < 1.29 is 28.9 Å². The highest BCUT2D eigenvalue weighted by Crippen LogP contribution is 1.94. The van der Waals surface area contributed by atoms with Gasteiger partial charge in [0.2, 0.25) is 0 Å². The Morgan fingerprint density at radius 1 is 1.05 bits per heavy atom. The number of unbranched alkanes of at least 4 members (excludes halogenated alkanes) is 1. The predicted octanol–water partition coefficient (Wildman–Crippen LogP) is 0.219. The van der Waals surface area contributed by atoms with Gasteiger partial charge in [0.05, 0.1) is 13.2 Å². The summed E-state index contributed by atoms with van der Waals surface area (Å²) in [5, 5.41) is 13.9. The van der Waals surface area contributed by atoms with E-state index in [0.29, 0.717) is 26.4 Å². The van der Waals surface area contributed by atoms with E-state index >= 15 is 0 Å². The highest BCUT2D eigenvalue weighted by atomic mass is 16.5. The van der Waals surface area contributed by atoms with Crippen molar-refractivity contribution in [2.24, 2.45) is 0 Å². The van der Waals surface area contributed by atoms with Crippen LogP contribution in [-0.4, -0.2) is 70.3 Å². The summed E-state index contributed by atoms with van der Waals surface area (Å²) in [6, 6.07) is -1.43. The van der Waals surface area contributed by atoms with Crippen molar-refractivity contribution >= 4 is 12.0 Å². The third kappa shape index (κ3) is 12.1. The first-order valence-corrected chi connectivity index (χ1v) is 6.94. The van der Waals surface area contributed by atoms with Crippen LogP contribution in [0.5, 0.6) is 0 Å². The molecule has 0 heterocycles. The normalized spacial score (nSPS) is 11.9. The zero-order valence-electron chi connectivity index (χ0n) is 12.7. The fraction of sp³-hybridized carbons (Fsp3) is 0.846. The molecule has 0 rings (SSSR count). The summed E-state index contributed by atoms with van der Waals surface area (Å²) in [5.74, 6) is -1.08. The van der Waals surface area contributed by atoms with Crippen molar-refractivity contribution in [3.05, 3.63) is 0 Å². The number of hydrogen-bond donors (Lipinski definition) is 3. The first kappa shape index (κ1) is 19.6. The Morgan fingerprint density at radius 3 is 2.38 bits per heavy atom. The fourth-order valence-corrected chi connectivity index (χ4v) is 1.48. The molecule has 0 aliphatic rings. The van der Waals surface area contributed by atoms with E-state index in [1.165, 1.54) is 7.11 Å². The predicted molar refractivity (Wildman–Crippen MR) is 76.4 cm³/mol. The monoisotopic (exact) mass is 306 g/mol. The molecule has 0 aliphatic heterocycles. The van der Waals surface area contributed by atoms with Gasteiger partial charge in [0.15, 0.2) is 0 Å². The van der Waals surface area contributed by atoms with Crippen LogP contribution in [0.2, 0.25) is 0 Å². The van der Waals surface area contributed by atoms with Gasteiger partial charge in [-0.15, -0.1) is 0 Å². The third-order valence-electron chi connectivity index (χ3n) is 2.65. The third-order valence-corrected chi connectivity index (χ3v) is 2.65. The van der Waals surface area contributed by atoms with Crippen molar-refractivity contribution in [3.8, 4) is 0 Å². The lowest BCUT2D eigenvalue weighted by molar-refractivity contribution is -0.139. The van der Waals surface area contributed by atoms with Gasteiger partial charge in [-0.25, -0.2) is 9.59 Å². The smallest absolute Gasteiger partial charge is 0.326 e. The number of rotatable bonds is 13. The van der Waals surface area contributed by atoms with E-state index in [-0.39, 0.29) is 13.0 Å². The topological polar surface area (TPSA) is 106 Å². The first-order valence-electron chi connectivity index (χ1n) is 6.94. The zero-order chi connectivity index (χ0) is 15.9. The second kappa shape index (κ2) is 13.6. The van der Waals surface area contributed by atoms with Crippen LogP contribution in [0.4, 0.5) is 4.79 Å². The molecule has 0 aromatic rings. The summed E-state index contributed by atoms with van der Waals surface area (Å²) in [6.45, 7) is 2.48. The van der Waals surface area contributed by atoms with E-state index in [9.17, 15) is 9.59 Å². The van der Waals surface area contributed by atoms with Gasteiger partial charge >= 0.3 is 12.0 Å². The number of ether oxygens (including phenoxy) is 3. The number of carboxylic acid groups (broad SMARTS) is 1. The van der Waals surface area contributed by atoms with E-state index < -0.39 is 18.0 Å². The highest BCUT2D eigenvalue weighted by Gasteiger charge is 2.18. The van der Waals surface area contributed by atoms with Crippen molar-refractivity contribution in [3.63, 3.8) is 0 Å². The molecule has 2 amide bonds. The van der Waals surface area contributed by atoms with E-state index in [1.54, 1.807) is 7.11 Å². The maximum Gasteiger partial charge on any atom is 0.326 e. The lowest BCUT2D eigenvalue weighted by Gasteiger charge is -2.14. The zero-order valence-corrected chi connectivity index (χ0v) is 12.7. The van der Waals surface area contributed by atoms with Crippen LogP contribution in [0.1, 0.15) is 19.3 Å². The van der Waals surface area contributed by atoms with Gasteiger partial charge in [-0.3, -0.25) is 0 Å². The molecule has 0 fully saturated rings. The second-order valence-electron chi connectivity index (χ2n) is 4.38. The number of urea groups is 1. The SMILES string of the molecule is COCCOCCCCNC(=O)NC(CCOC)C(=O)O. The lowest BCUT2D eigenvalue weighted by atomic mass is 10.2. The maximum absolute atomic E-state index is 11.5. The van der Waals surface area contributed by atoms with Gasteiger partial charge in [-0.2, -0.15) is 0 Å². The second-order valence-corrected chi connectivity index (χ2v) is 4.38.